The summed E-state index contributed by atoms with van der Waals surface area (Å²) in [6.07, 6.45) is -4.24. The van der Waals surface area contributed by atoms with Crippen molar-refractivity contribution in [3.05, 3.63) is 64.7 Å². The number of halogens is 6. The molecule has 0 radical (unpaired) electrons. The first-order valence-electron chi connectivity index (χ1n) is 8.45. The van der Waals surface area contributed by atoms with Crippen LogP contribution in [0.15, 0.2) is 42.5 Å². The summed E-state index contributed by atoms with van der Waals surface area (Å²) in [6.45, 7) is 0.250. The number of alkyl halides is 6. The molecular formula is C18H14F6N2O3S. The van der Waals surface area contributed by atoms with Gasteiger partial charge in [-0.25, -0.2) is 0 Å². The van der Waals surface area contributed by atoms with E-state index in [1.807, 2.05) is 0 Å². The van der Waals surface area contributed by atoms with Gasteiger partial charge in [0.05, 0.1) is 5.56 Å². The minimum absolute atomic E-state index is 0.000813. The molecule has 2 aromatic rings. The molecular weight excluding hydrogens is 438 g/mol. The molecule has 0 aliphatic carbocycles. The van der Waals surface area contributed by atoms with Crippen LogP contribution >= 0.6 is 0 Å². The molecule has 0 spiro atoms. The fourth-order valence-electron chi connectivity index (χ4n) is 2.96. The van der Waals surface area contributed by atoms with Crippen LogP contribution in [0.2, 0.25) is 0 Å². The maximum atomic E-state index is 12.9. The van der Waals surface area contributed by atoms with Crippen molar-refractivity contribution in [1.29, 1.82) is 0 Å². The van der Waals surface area contributed by atoms with E-state index in [9.17, 15) is 39.6 Å². The largest absolute Gasteiger partial charge is 0.516 e. The second-order valence-corrected chi connectivity index (χ2v) is 8.27. The Balaban J connectivity index is 1.74. The van der Waals surface area contributed by atoms with E-state index in [0.717, 1.165) is 24.3 Å². The fraction of sp³-hybridized carbons (Fsp3) is 0.278. The average Bonchev–Trinajstić information content (AvgIpc) is 2.63. The molecule has 1 heterocycles. The van der Waals surface area contributed by atoms with Crippen LogP contribution in [-0.2, 0) is 29.2 Å². The number of carbonyl (C=O) groups excluding carboxylic acids is 1. The van der Waals surface area contributed by atoms with Crippen molar-refractivity contribution < 1.29 is 39.6 Å². The smallest absolute Gasteiger partial charge is 0.334 e. The number of hydrogen-bond donors (Lipinski definition) is 1. The Morgan fingerprint density at radius 2 is 1.60 bits per heavy atom. The summed E-state index contributed by atoms with van der Waals surface area (Å²) in [5, 5.41) is 0. The predicted molar refractivity (Wildman–Crippen MR) is 94.9 cm³/mol. The van der Waals surface area contributed by atoms with E-state index in [4.69, 9.17) is 0 Å². The summed E-state index contributed by atoms with van der Waals surface area (Å²) in [6, 6.07) is 7.84. The lowest BCUT2D eigenvalue weighted by atomic mass is 9.96. The lowest BCUT2D eigenvalue weighted by Gasteiger charge is -2.29. The predicted octanol–water partition coefficient (Wildman–Crippen LogP) is 4.17. The highest BCUT2D eigenvalue weighted by molar-refractivity contribution is 7.93. The number of fused-ring (bicyclic) bond motifs is 1. The number of rotatable bonds is 4. The molecule has 1 amide bonds. The second kappa shape index (κ2) is 7.49. The van der Waals surface area contributed by atoms with Gasteiger partial charge in [0.1, 0.15) is 0 Å². The van der Waals surface area contributed by atoms with E-state index < -0.39 is 33.2 Å². The van der Waals surface area contributed by atoms with Crippen molar-refractivity contribution in [2.45, 2.75) is 24.7 Å². The summed E-state index contributed by atoms with van der Waals surface area (Å²) in [4.78, 5) is 13.9. The number of sulfonamides is 1. The Labute approximate surface area is 167 Å². The van der Waals surface area contributed by atoms with Gasteiger partial charge >= 0.3 is 21.7 Å². The van der Waals surface area contributed by atoms with Gasteiger partial charge in [-0.2, -0.15) is 34.8 Å². The number of amides is 1. The summed E-state index contributed by atoms with van der Waals surface area (Å²) in [5.74, 6) is -0.593. The third-order valence-electron chi connectivity index (χ3n) is 4.49. The molecule has 0 unspecified atom stereocenters. The quantitative estimate of drug-likeness (QED) is 0.709. The molecule has 0 bridgehead atoms. The number of nitrogens with one attached hydrogen (secondary N) is 1. The van der Waals surface area contributed by atoms with Gasteiger partial charge in [0.25, 0.3) is 5.91 Å². The zero-order chi connectivity index (χ0) is 22.3. The van der Waals surface area contributed by atoms with Crippen LogP contribution in [0.1, 0.15) is 27.0 Å². The van der Waals surface area contributed by atoms with Crippen molar-refractivity contribution in [2.24, 2.45) is 0 Å². The van der Waals surface area contributed by atoms with Crippen LogP contribution in [0.5, 0.6) is 0 Å². The molecule has 2 aromatic carbocycles. The van der Waals surface area contributed by atoms with Crippen molar-refractivity contribution in [2.75, 3.05) is 11.3 Å². The van der Waals surface area contributed by atoms with Gasteiger partial charge in [-0.3, -0.25) is 9.52 Å². The molecule has 30 heavy (non-hydrogen) atoms. The number of benzene rings is 2. The molecule has 3 rings (SSSR count). The molecule has 12 heteroatoms. The summed E-state index contributed by atoms with van der Waals surface area (Å²) in [7, 11) is -5.56. The maximum Gasteiger partial charge on any atom is 0.516 e. The molecule has 0 fully saturated rings. The SMILES string of the molecule is O=C1c2cc(C(F)(F)F)ccc2CCN1Cc1ccc(NS(=O)(=O)C(F)(F)F)cc1. The minimum atomic E-state index is -5.56. The van der Waals surface area contributed by atoms with E-state index in [1.54, 1.807) is 0 Å². The highest BCUT2D eigenvalue weighted by atomic mass is 32.2. The zero-order valence-corrected chi connectivity index (χ0v) is 15.8. The average molecular weight is 452 g/mol. The van der Waals surface area contributed by atoms with E-state index in [2.05, 4.69) is 0 Å². The molecule has 0 saturated carbocycles. The Morgan fingerprint density at radius 1 is 0.967 bits per heavy atom. The number of carbonyl (C=O) groups is 1. The van der Waals surface area contributed by atoms with Gasteiger partial charge in [0.15, 0.2) is 0 Å². The standard InChI is InChI=1S/C18H14F6N2O3S/c19-17(20,21)13-4-3-12-7-8-26(16(27)15(12)9-13)10-11-1-5-14(6-2-11)25-30(28,29)18(22,23)24/h1-6,9,25H,7-8,10H2. The summed E-state index contributed by atoms with van der Waals surface area (Å²) >= 11 is 0. The van der Waals surface area contributed by atoms with Gasteiger partial charge in [-0.1, -0.05) is 18.2 Å². The highest BCUT2D eigenvalue weighted by Gasteiger charge is 2.46. The molecule has 0 aromatic heterocycles. The minimum Gasteiger partial charge on any atom is -0.334 e. The van der Waals surface area contributed by atoms with Crippen LogP contribution in [0.25, 0.3) is 0 Å². The zero-order valence-electron chi connectivity index (χ0n) is 15.0. The first-order chi connectivity index (χ1) is 13.8. The maximum absolute atomic E-state index is 12.9. The van der Waals surface area contributed by atoms with Crippen LogP contribution in [-0.4, -0.2) is 31.3 Å². The first-order valence-corrected chi connectivity index (χ1v) is 9.94. The van der Waals surface area contributed by atoms with E-state index in [-0.39, 0.29) is 24.3 Å². The highest BCUT2D eigenvalue weighted by Crippen LogP contribution is 2.32. The van der Waals surface area contributed by atoms with Gasteiger partial charge in [0, 0.05) is 24.3 Å². The normalized spacial score (nSPS) is 15.1. The van der Waals surface area contributed by atoms with Gasteiger partial charge in [0.2, 0.25) is 0 Å². The molecule has 162 valence electrons. The van der Waals surface area contributed by atoms with Crippen LogP contribution in [0.3, 0.4) is 0 Å². The summed E-state index contributed by atoms with van der Waals surface area (Å²) < 4.78 is 99.6. The summed E-state index contributed by atoms with van der Waals surface area (Å²) in [5.41, 5.74) is -5.80. The molecule has 1 aliphatic heterocycles. The van der Waals surface area contributed by atoms with Crippen molar-refractivity contribution in [3.63, 3.8) is 0 Å². The van der Waals surface area contributed by atoms with Gasteiger partial charge < -0.3 is 4.90 Å². The number of hydrogen-bond acceptors (Lipinski definition) is 3. The third kappa shape index (κ3) is 4.53. The van der Waals surface area contributed by atoms with Gasteiger partial charge in [-0.15, -0.1) is 0 Å². The second-order valence-electron chi connectivity index (χ2n) is 6.59. The molecule has 5 nitrogen and oxygen atoms in total. The van der Waals surface area contributed by atoms with Crippen LogP contribution in [0.4, 0.5) is 32.0 Å². The Morgan fingerprint density at radius 3 is 2.17 bits per heavy atom. The topological polar surface area (TPSA) is 66.5 Å². The molecule has 1 aliphatic rings. The fourth-order valence-corrected chi connectivity index (χ4v) is 3.52. The number of nitrogens with zero attached hydrogens (tertiary/aromatic N) is 1. The van der Waals surface area contributed by atoms with E-state index in [1.165, 1.54) is 27.8 Å². The van der Waals surface area contributed by atoms with Gasteiger partial charge in [-0.05, 0) is 41.8 Å². The Kier molecular flexibility index (Phi) is 5.48. The van der Waals surface area contributed by atoms with E-state index >= 15 is 0 Å². The molecule has 0 saturated heterocycles. The van der Waals surface area contributed by atoms with E-state index in [0.29, 0.717) is 17.5 Å². The molecule has 0 atom stereocenters. The Bertz CT molecular complexity index is 1060. The van der Waals surface area contributed by atoms with Crippen molar-refractivity contribution in [1.82, 2.24) is 4.90 Å². The monoisotopic (exact) mass is 452 g/mol. The molecule has 1 N–H and O–H groups in total. The van der Waals surface area contributed by atoms with Crippen LogP contribution in [0, 0.1) is 0 Å². The Hall–Kier alpha value is -2.76. The van der Waals surface area contributed by atoms with Crippen molar-refractivity contribution >= 4 is 21.6 Å². The third-order valence-corrected chi connectivity index (χ3v) is 5.60. The van der Waals surface area contributed by atoms with Crippen molar-refractivity contribution in [3.8, 4) is 0 Å². The number of anilines is 1. The van der Waals surface area contributed by atoms with Crippen LogP contribution < -0.4 is 4.72 Å². The lowest BCUT2D eigenvalue weighted by molar-refractivity contribution is -0.137. The first kappa shape index (κ1) is 21.9. The lowest BCUT2D eigenvalue weighted by Crippen LogP contribution is -2.37.